The number of hydrogen-bond donors (Lipinski definition) is 0. The lowest BCUT2D eigenvalue weighted by Crippen LogP contribution is -2.23. The number of unbranched alkanes of at least 4 members (excludes halogenated alkanes) is 4. The van der Waals surface area contributed by atoms with Crippen LogP contribution in [-0.2, 0) is 19.4 Å². The second-order valence-corrected chi connectivity index (χ2v) is 9.51. The zero-order valence-electron chi connectivity index (χ0n) is 16.8. The van der Waals surface area contributed by atoms with Crippen LogP contribution in [0.25, 0.3) is 20.7 Å². The van der Waals surface area contributed by atoms with Gasteiger partial charge in [0, 0.05) is 17.2 Å². The van der Waals surface area contributed by atoms with Gasteiger partial charge in [-0.2, -0.15) is 0 Å². The van der Waals surface area contributed by atoms with Crippen LogP contribution in [0.15, 0.2) is 34.2 Å². The first kappa shape index (κ1) is 19.7. The van der Waals surface area contributed by atoms with Crippen molar-refractivity contribution in [3.63, 3.8) is 0 Å². The van der Waals surface area contributed by atoms with E-state index < -0.39 is 0 Å². The molecule has 148 valence electrons. The van der Waals surface area contributed by atoms with Crippen LogP contribution >= 0.6 is 23.1 Å². The predicted octanol–water partition coefficient (Wildman–Crippen LogP) is 6.31. The molecule has 3 aromatic rings. The largest absolute Gasteiger partial charge is 0.287 e. The predicted molar refractivity (Wildman–Crippen MR) is 122 cm³/mol. The van der Waals surface area contributed by atoms with Gasteiger partial charge in [-0.15, -0.1) is 11.3 Å². The summed E-state index contributed by atoms with van der Waals surface area (Å²) in [5, 5.41) is 1.76. The van der Waals surface area contributed by atoms with Gasteiger partial charge >= 0.3 is 0 Å². The van der Waals surface area contributed by atoms with E-state index in [4.69, 9.17) is 4.98 Å². The fourth-order valence-corrected chi connectivity index (χ4v) is 6.44. The standard InChI is InChI=1S/C23H28N2OS2/c1-3-5-6-7-10-15-27-23-24-21-19(22(26)25(23)4-2)18-14-13-16-11-8-9-12-17(16)20(18)28-21/h8-9,11-12H,3-7,10,13-15H2,1-2H3. The van der Waals surface area contributed by atoms with Crippen molar-refractivity contribution in [2.45, 2.75) is 70.5 Å². The molecule has 0 saturated heterocycles. The van der Waals surface area contributed by atoms with Crippen LogP contribution < -0.4 is 5.56 Å². The number of aryl methyl sites for hydroxylation is 2. The van der Waals surface area contributed by atoms with Crippen molar-refractivity contribution >= 4 is 33.3 Å². The van der Waals surface area contributed by atoms with Gasteiger partial charge in [0.25, 0.3) is 5.56 Å². The zero-order valence-corrected chi connectivity index (χ0v) is 18.4. The molecule has 28 heavy (non-hydrogen) atoms. The average molecular weight is 413 g/mol. The van der Waals surface area contributed by atoms with E-state index in [9.17, 15) is 4.79 Å². The Bertz CT molecular complexity index is 1030. The molecule has 0 saturated carbocycles. The molecular formula is C23H28N2OS2. The van der Waals surface area contributed by atoms with Gasteiger partial charge in [-0.3, -0.25) is 9.36 Å². The third-order valence-corrected chi connectivity index (χ3v) is 7.80. The molecule has 5 heteroatoms. The molecule has 0 unspecified atom stereocenters. The van der Waals surface area contributed by atoms with Gasteiger partial charge in [0.05, 0.1) is 5.39 Å². The Morgan fingerprint density at radius 2 is 1.93 bits per heavy atom. The van der Waals surface area contributed by atoms with Crippen molar-refractivity contribution in [1.29, 1.82) is 0 Å². The van der Waals surface area contributed by atoms with Crippen LogP contribution in [0.4, 0.5) is 0 Å². The fourth-order valence-electron chi connectivity index (χ4n) is 4.05. The van der Waals surface area contributed by atoms with Crippen molar-refractivity contribution in [2.75, 3.05) is 5.75 Å². The maximum absolute atomic E-state index is 13.3. The zero-order chi connectivity index (χ0) is 19.5. The summed E-state index contributed by atoms with van der Waals surface area (Å²) < 4.78 is 1.88. The summed E-state index contributed by atoms with van der Waals surface area (Å²) in [5.74, 6) is 1.04. The Hall–Kier alpha value is -1.59. The van der Waals surface area contributed by atoms with Gasteiger partial charge in [-0.05, 0) is 42.9 Å². The number of fused-ring (bicyclic) bond motifs is 5. The van der Waals surface area contributed by atoms with Crippen molar-refractivity contribution in [3.8, 4) is 10.4 Å². The molecule has 2 heterocycles. The number of aromatic nitrogens is 2. The number of thioether (sulfide) groups is 1. The first-order valence-electron chi connectivity index (χ1n) is 10.5. The second-order valence-electron chi connectivity index (χ2n) is 7.45. The van der Waals surface area contributed by atoms with E-state index in [0.717, 1.165) is 34.0 Å². The molecule has 0 atom stereocenters. The Kier molecular flexibility index (Phi) is 6.22. The topological polar surface area (TPSA) is 34.9 Å². The van der Waals surface area contributed by atoms with Crippen LogP contribution in [0.3, 0.4) is 0 Å². The maximum Gasteiger partial charge on any atom is 0.263 e. The molecular weight excluding hydrogens is 384 g/mol. The first-order chi connectivity index (χ1) is 13.7. The highest BCUT2D eigenvalue weighted by atomic mass is 32.2. The Labute approximate surface area is 175 Å². The van der Waals surface area contributed by atoms with E-state index >= 15 is 0 Å². The van der Waals surface area contributed by atoms with Gasteiger partial charge < -0.3 is 0 Å². The van der Waals surface area contributed by atoms with Crippen molar-refractivity contribution in [1.82, 2.24) is 9.55 Å². The molecule has 4 rings (SSSR count). The lowest BCUT2D eigenvalue weighted by molar-refractivity contribution is 0.632. The number of rotatable bonds is 8. The summed E-state index contributed by atoms with van der Waals surface area (Å²) in [6.45, 7) is 4.97. The summed E-state index contributed by atoms with van der Waals surface area (Å²) in [5.41, 5.74) is 4.05. The molecule has 1 aliphatic rings. The summed E-state index contributed by atoms with van der Waals surface area (Å²) in [4.78, 5) is 20.5. The Morgan fingerprint density at radius 1 is 1.11 bits per heavy atom. The highest BCUT2D eigenvalue weighted by Crippen LogP contribution is 2.42. The second kappa shape index (κ2) is 8.83. The Balaban J connectivity index is 1.67. The molecule has 0 spiro atoms. The van der Waals surface area contributed by atoms with Crippen LogP contribution in [0.1, 0.15) is 57.1 Å². The normalized spacial score (nSPS) is 12.9. The SMILES string of the molecule is CCCCCCCSc1nc2sc3c(c2c(=O)n1CC)CCc1ccccc1-3. The third-order valence-electron chi connectivity index (χ3n) is 5.58. The molecule has 0 radical (unpaired) electrons. The third kappa shape index (κ3) is 3.67. The molecule has 0 aliphatic heterocycles. The van der Waals surface area contributed by atoms with Gasteiger partial charge in [0.15, 0.2) is 5.16 Å². The molecule has 0 N–H and O–H groups in total. The van der Waals surface area contributed by atoms with Crippen molar-refractivity contribution < 1.29 is 0 Å². The molecule has 2 aromatic heterocycles. The number of nitrogens with zero attached hydrogens (tertiary/aromatic N) is 2. The summed E-state index contributed by atoms with van der Waals surface area (Å²) in [6.07, 6.45) is 8.30. The van der Waals surface area contributed by atoms with E-state index in [0.29, 0.717) is 6.54 Å². The van der Waals surface area contributed by atoms with Crippen molar-refractivity contribution in [2.24, 2.45) is 0 Å². The molecule has 3 nitrogen and oxygen atoms in total. The minimum absolute atomic E-state index is 0.151. The van der Waals surface area contributed by atoms with Gasteiger partial charge in [0.1, 0.15) is 4.83 Å². The number of benzene rings is 1. The molecule has 1 aromatic carbocycles. The van der Waals surface area contributed by atoms with Crippen molar-refractivity contribution in [3.05, 3.63) is 45.7 Å². The highest BCUT2D eigenvalue weighted by Gasteiger charge is 2.24. The van der Waals surface area contributed by atoms with E-state index in [1.165, 1.54) is 53.7 Å². The molecule has 0 fully saturated rings. The lowest BCUT2D eigenvalue weighted by atomic mass is 9.90. The van der Waals surface area contributed by atoms with Crippen LogP contribution in [0.2, 0.25) is 0 Å². The molecule has 1 aliphatic carbocycles. The van der Waals surface area contributed by atoms with E-state index in [-0.39, 0.29) is 5.56 Å². The van der Waals surface area contributed by atoms with Gasteiger partial charge in [-0.25, -0.2) is 4.98 Å². The van der Waals surface area contributed by atoms with E-state index in [1.54, 1.807) is 23.1 Å². The monoisotopic (exact) mass is 412 g/mol. The summed E-state index contributed by atoms with van der Waals surface area (Å²) >= 11 is 3.45. The smallest absolute Gasteiger partial charge is 0.263 e. The minimum atomic E-state index is 0.151. The first-order valence-corrected chi connectivity index (χ1v) is 12.3. The fraction of sp³-hybridized carbons (Fsp3) is 0.478. The van der Waals surface area contributed by atoms with Crippen LogP contribution in [-0.4, -0.2) is 15.3 Å². The molecule has 0 bridgehead atoms. The number of thiophene rings is 1. The van der Waals surface area contributed by atoms with Crippen LogP contribution in [0, 0.1) is 0 Å². The Morgan fingerprint density at radius 3 is 2.75 bits per heavy atom. The summed E-state index contributed by atoms with van der Waals surface area (Å²) in [7, 11) is 0. The average Bonchev–Trinajstić information content (AvgIpc) is 3.10. The lowest BCUT2D eigenvalue weighted by Gasteiger charge is -2.16. The van der Waals surface area contributed by atoms with E-state index in [2.05, 4.69) is 31.2 Å². The van der Waals surface area contributed by atoms with Crippen LogP contribution in [0.5, 0.6) is 0 Å². The minimum Gasteiger partial charge on any atom is -0.287 e. The highest BCUT2D eigenvalue weighted by molar-refractivity contribution is 7.99. The maximum atomic E-state index is 13.3. The molecule has 0 amide bonds. The number of hydrogen-bond acceptors (Lipinski definition) is 4. The quantitative estimate of drug-likeness (QED) is 0.247. The summed E-state index contributed by atoms with van der Waals surface area (Å²) in [6, 6.07) is 8.60. The van der Waals surface area contributed by atoms with E-state index in [1.807, 2.05) is 11.5 Å². The van der Waals surface area contributed by atoms with Gasteiger partial charge in [0.2, 0.25) is 0 Å². The van der Waals surface area contributed by atoms with Gasteiger partial charge in [-0.1, -0.05) is 68.6 Å².